The van der Waals surface area contributed by atoms with E-state index in [1.165, 1.54) is 6.20 Å². The van der Waals surface area contributed by atoms with Crippen LogP contribution in [-0.4, -0.2) is 59.4 Å². The Balaban J connectivity index is 1.31. The first-order valence-electron chi connectivity index (χ1n) is 13.4. The SMILES string of the molecule is CC(C)(C(=O)O)c1ccc(CCC(=O)Nc2cncc(N3CCC[C@@H](Oc4ccccc4OCCF)C3)n2)cc1. The number of nitrogens with zero attached hydrogens (tertiary/aromatic N) is 3. The highest BCUT2D eigenvalue weighted by Gasteiger charge is 2.29. The Morgan fingerprint density at radius 2 is 1.88 bits per heavy atom. The van der Waals surface area contributed by atoms with Gasteiger partial charge in [0.05, 0.1) is 24.4 Å². The molecule has 0 radical (unpaired) electrons. The number of rotatable bonds is 12. The number of para-hydroxylation sites is 2. The molecule has 1 aromatic heterocycles. The Labute approximate surface area is 233 Å². The summed E-state index contributed by atoms with van der Waals surface area (Å²) in [5, 5.41) is 12.2. The van der Waals surface area contributed by atoms with Crippen LogP contribution in [0.2, 0.25) is 0 Å². The summed E-state index contributed by atoms with van der Waals surface area (Å²) in [7, 11) is 0. The predicted octanol–water partition coefficient (Wildman–Crippen LogP) is 4.81. The van der Waals surface area contributed by atoms with Gasteiger partial charge in [-0.15, -0.1) is 0 Å². The number of amides is 1. The van der Waals surface area contributed by atoms with Gasteiger partial charge in [0.1, 0.15) is 25.2 Å². The first kappa shape index (κ1) is 28.8. The molecule has 10 heteroatoms. The van der Waals surface area contributed by atoms with Crippen molar-refractivity contribution >= 4 is 23.5 Å². The maximum Gasteiger partial charge on any atom is 0.313 e. The second kappa shape index (κ2) is 13.2. The molecule has 0 aliphatic carbocycles. The Kier molecular flexibility index (Phi) is 9.52. The van der Waals surface area contributed by atoms with E-state index in [1.807, 2.05) is 30.3 Å². The summed E-state index contributed by atoms with van der Waals surface area (Å²) in [4.78, 5) is 35.0. The average Bonchev–Trinajstić information content (AvgIpc) is 2.96. The summed E-state index contributed by atoms with van der Waals surface area (Å²) in [6, 6.07) is 14.5. The molecule has 0 unspecified atom stereocenters. The molecular weight excluding hydrogens is 515 g/mol. The number of benzene rings is 2. The van der Waals surface area contributed by atoms with Crippen molar-refractivity contribution in [3.05, 3.63) is 72.1 Å². The van der Waals surface area contributed by atoms with E-state index in [0.717, 1.165) is 24.9 Å². The lowest BCUT2D eigenvalue weighted by Crippen LogP contribution is -2.41. The van der Waals surface area contributed by atoms with Crippen molar-refractivity contribution in [1.29, 1.82) is 0 Å². The van der Waals surface area contributed by atoms with Crippen molar-refractivity contribution in [1.82, 2.24) is 9.97 Å². The summed E-state index contributed by atoms with van der Waals surface area (Å²) in [6.07, 6.45) is 5.56. The van der Waals surface area contributed by atoms with E-state index in [1.54, 1.807) is 38.2 Å². The lowest BCUT2D eigenvalue weighted by atomic mass is 9.84. The van der Waals surface area contributed by atoms with Gasteiger partial charge in [0.25, 0.3) is 0 Å². The molecule has 1 saturated heterocycles. The van der Waals surface area contributed by atoms with E-state index in [4.69, 9.17) is 9.47 Å². The number of piperidine rings is 1. The number of aryl methyl sites for hydroxylation is 1. The van der Waals surface area contributed by atoms with Gasteiger partial charge in [-0.3, -0.25) is 14.6 Å². The predicted molar refractivity (Wildman–Crippen MR) is 150 cm³/mol. The van der Waals surface area contributed by atoms with Gasteiger partial charge in [0, 0.05) is 13.0 Å². The summed E-state index contributed by atoms with van der Waals surface area (Å²) in [5.41, 5.74) is 0.672. The van der Waals surface area contributed by atoms with Crippen LogP contribution in [0.5, 0.6) is 11.5 Å². The number of hydrogen-bond acceptors (Lipinski definition) is 7. The Hall–Kier alpha value is -4.21. The Morgan fingerprint density at radius 3 is 2.60 bits per heavy atom. The highest BCUT2D eigenvalue weighted by molar-refractivity contribution is 5.89. The summed E-state index contributed by atoms with van der Waals surface area (Å²) in [6.45, 7) is 4.09. The molecule has 2 N–H and O–H groups in total. The standard InChI is InChI=1S/C30H35FN4O5/c1-30(2,29(37)38)22-12-9-21(10-13-22)11-14-28(36)34-26-18-32-19-27(33-26)35-16-5-6-23(20-35)40-25-8-4-3-7-24(25)39-17-15-31/h3-4,7-10,12-13,18-19,23H,5-6,11,14-17,20H2,1-2H3,(H,37,38)(H,33,34,36)/t23-/m1/s1. The number of alkyl halides is 1. The van der Waals surface area contributed by atoms with Crippen LogP contribution in [0, 0.1) is 0 Å². The third kappa shape index (κ3) is 7.46. The molecular formula is C30H35FN4O5. The topological polar surface area (TPSA) is 114 Å². The average molecular weight is 551 g/mol. The van der Waals surface area contributed by atoms with E-state index in [-0.39, 0.29) is 25.0 Å². The molecule has 212 valence electrons. The molecule has 2 aromatic carbocycles. The van der Waals surface area contributed by atoms with Crippen LogP contribution in [0.3, 0.4) is 0 Å². The van der Waals surface area contributed by atoms with Gasteiger partial charge in [-0.05, 0) is 56.4 Å². The van der Waals surface area contributed by atoms with Crippen molar-refractivity contribution in [2.45, 2.75) is 51.0 Å². The zero-order valence-corrected chi connectivity index (χ0v) is 22.8. The molecule has 0 bridgehead atoms. The molecule has 1 amide bonds. The number of anilines is 2. The lowest BCUT2D eigenvalue weighted by Gasteiger charge is -2.33. The number of carbonyl (C=O) groups is 2. The van der Waals surface area contributed by atoms with Crippen molar-refractivity contribution in [3.8, 4) is 11.5 Å². The second-order valence-corrected chi connectivity index (χ2v) is 10.3. The first-order valence-corrected chi connectivity index (χ1v) is 13.4. The number of carboxylic acids is 1. The highest BCUT2D eigenvalue weighted by Crippen LogP contribution is 2.30. The molecule has 9 nitrogen and oxygen atoms in total. The quantitative estimate of drug-likeness (QED) is 0.330. The lowest BCUT2D eigenvalue weighted by molar-refractivity contribution is -0.142. The largest absolute Gasteiger partial charge is 0.487 e. The summed E-state index contributed by atoms with van der Waals surface area (Å²) < 4.78 is 24.3. The van der Waals surface area contributed by atoms with E-state index in [9.17, 15) is 19.1 Å². The fourth-order valence-corrected chi connectivity index (χ4v) is 4.48. The minimum Gasteiger partial charge on any atom is -0.487 e. The molecule has 1 atom stereocenters. The van der Waals surface area contributed by atoms with E-state index in [2.05, 4.69) is 20.2 Å². The fourth-order valence-electron chi connectivity index (χ4n) is 4.48. The highest BCUT2D eigenvalue weighted by atomic mass is 19.1. The molecule has 0 spiro atoms. The molecule has 2 heterocycles. The van der Waals surface area contributed by atoms with Crippen LogP contribution in [-0.2, 0) is 21.4 Å². The van der Waals surface area contributed by atoms with Gasteiger partial charge in [0.2, 0.25) is 5.91 Å². The second-order valence-electron chi connectivity index (χ2n) is 10.3. The van der Waals surface area contributed by atoms with E-state index >= 15 is 0 Å². The Bertz CT molecular complexity index is 1300. The van der Waals surface area contributed by atoms with Crippen LogP contribution in [0.25, 0.3) is 0 Å². The molecule has 40 heavy (non-hydrogen) atoms. The zero-order valence-electron chi connectivity index (χ0n) is 22.8. The number of aliphatic carboxylic acids is 1. The van der Waals surface area contributed by atoms with E-state index < -0.39 is 18.1 Å². The number of hydrogen-bond donors (Lipinski definition) is 2. The van der Waals surface area contributed by atoms with Crippen LogP contribution in [0.4, 0.5) is 16.0 Å². The third-order valence-corrected chi connectivity index (χ3v) is 6.92. The number of ether oxygens (including phenoxy) is 2. The number of nitrogens with one attached hydrogen (secondary N) is 1. The number of carboxylic acid groups (broad SMARTS) is 1. The third-order valence-electron chi connectivity index (χ3n) is 6.92. The zero-order chi connectivity index (χ0) is 28.5. The molecule has 3 aromatic rings. The minimum absolute atomic E-state index is 0.0251. The van der Waals surface area contributed by atoms with Gasteiger partial charge in [0.15, 0.2) is 17.3 Å². The van der Waals surface area contributed by atoms with Crippen molar-refractivity contribution in [2.24, 2.45) is 0 Å². The van der Waals surface area contributed by atoms with Crippen LogP contribution >= 0.6 is 0 Å². The summed E-state index contributed by atoms with van der Waals surface area (Å²) >= 11 is 0. The monoisotopic (exact) mass is 550 g/mol. The molecule has 1 aliphatic rings. The van der Waals surface area contributed by atoms with Crippen LogP contribution < -0.4 is 19.7 Å². The van der Waals surface area contributed by atoms with Crippen molar-refractivity contribution in [2.75, 3.05) is 36.6 Å². The molecule has 1 fully saturated rings. The minimum atomic E-state index is -0.977. The molecule has 0 saturated carbocycles. The van der Waals surface area contributed by atoms with Crippen LogP contribution in [0.1, 0.15) is 44.2 Å². The van der Waals surface area contributed by atoms with Crippen molar-refractivity contribution < 1.29 is 28.6 Å². The number of carbonyl (C=O) groups excluding carboxylic acids is 1. The summed E-state index contributed by atoms with van der Waals surface area (Å²) in [5.74, 6) is 1.03. The number of halogens is 1. The number of aromatic nitrogens is 2. The Morgan fingerprint density at radius 1 is 1.12 bits per heavy atom. The molecule has 1 aliphatic heterocycles. The smallest absolute Gasteiger partial charge is 0.313 e. The maximum atomic E-state index is 12.6. The van der Waals surface area contributed by atoms with Gasteiger partial charge >= 0.3 is 5.97 Å². The van der Waals surface area contributed by atoms with E-state index in [0.29, 0.717) is 41.7 Å². The van der Waals surface area contributed by atoms with Gasteiger partial charge < -0.3 is 24.8 Å². The van der Waals surface area contributed by atoms with Gasteiger partial charge in [-0.1, -0.05) is 36.4 Å². The maximum absolute atomic E-state index is 12.6. The van der Waals surface area contributed by atoms with Gasteiger partial charge in [-0.25, -0.2) is 9.37 Å². The molecule has 4 rings (SSSR count). The fraction of sp³-hybridized carbons (Fsp3) is 0.400. The first-order chi connectivity index (χ1) is 19.3. The van der Waals surface area contributed by atoms with Crippen LogP contribution in [0.15, 0.2) is 60.9 Å². The normalized spacial score (nSPS) is 15.4. The van der Waals surface area contributed by atoms with Crippen molar-refractivity contribution in [3.63, 3.8) is 0 Å². The van der Waals surface area contributed by atoms with Gasteiger partial charge in [-0.2, -0.15) is 0 Å².